The maximum absolute atomic E-state index is 12.4. The van der Waals surface area contributed by atoms with Gasteiger partial charge in [-0.15, -0.1) is 0 Å². The number of nitrogens with one attached hydrogen (secondary N) is 1. The summed E-state index contributed by atoms with van der Waals surface area (Å²) in [7, 11) is 0. The van der Waals surface area contributed by atoms with Crippen molar-refractivity contribution in [3.05, 3.63) is 30.1 Å². The van der Waals surface area contributed by atoms with Gasteiger partial charge in [0.15, 0.2) is 0 Å². The summed E-state index contributed by atoms with van der Waals surface area (Å²) in [6.07, 6.45) is 6.29. The fourth-order valence-corrected chi connectivity index (χ4v) is 2.41. The van der Waals surface area contributed by atoms with Crippen molar-refractivity contribution in [1.82, 2.24) is 15.2 Å². The summed E-state index contributed by atoms with van der Waals surface area (Å²) in [6, 6.07) is 3.54. The highest BCUT2D eigenvalue weighted by molar-refractivity contribution is 5.89. The van der Waals surface area contributed by atoms with Crippen molar-refractivity contribution in [3.8, 4) is 0 Å². The van der Waals surface area contributed by atoms with E-state index >= 15 is 0 Å². The molecule has 5 nitrogen and oxygen atoms in total. The molecular weight excluding hydrogens is 254 g/mol. The van der Waals surface area contributed by atoms with Crippen molar-refractivity contribution in [2.24, 2.45) is 0 Å². The maximum atomic E-state index is 12.4. The average Bonchev–Trinajstić information content (AvgIpc) is 2.59. The fraction of sp³-hybridized carbons (Fsp3) is 0.533. The van der Waals surface area contributed by atoms with E-state index in [2.05, 4.69) is 10.3 Å². The van der Waals surface area contributed by atoms with Crippen LogP contribution in [0.25, 0.3) is 0 Å². The Balaban J connectivity index is 1.98. The van der Waals surface area contributed by atoms with Crippen molar-refractivity contribution in [2.75, 3.05) is 13.1 Å². The van der Waals surface area contributed by atoms with E-state index in [1.54, 1.807) is 11.1 Å². The van der Waals surface area contributed by atoms with E-state index in [9.17, 15) is 9.59 Å². The first-order valence-corrected chi connectivity index (χ1v) is 7.17. The number of rotatable bonds is 5. The zero-order valence-electron chi connectivity index (χ0n) is 11.8. The smallest absolute Gasteiger partial charge is 0.245 e. The van der Waals surface area contributed by atoms with Crippen LogP contribution in [-0.2, 0) is 16.0 Å². The molecule has 0 saturated carbocycles. The quantitative estimate of drug-likeness (QED) is 0.876. The number of hydrogen-bond donors (Lipinski definition) is 1. The summed E-state index contributed by atoms with van der Waals surface area (Å²) in [6.45, 7) is 3.16. The summed E-state index contributed by atoms with van der Waals surface area (Å²) >= 11 is 0. The van der Waals surface area contributed by atoms with Crippen LogP contribution < -0.4 is 5.32 Å². The standard InChI is InChI=1S/C15H21N3O2/c1-2-4-13-15(20)18(10-7-14(19)17-13)9-6-12-5-3-8-16-11-12/h3,5,8,11,13H,2,4,6-7,9-10H2,1H3,(H,17,19). The average molecular weight is 275 g/mol. The molecule has 1 fully saturated rings. The van der Waals surface area contributed by atoms with Crippen LogP contribution >= 0.6 is 0 Å². The minimum Gasteiger partial charge on any atom is -0.344 e. The van der Waals surface area contributed by atoms with Gasteiger partial charge in [0.1, 0.15) is 6.04 Å². The molecule has 0 aromatic carbocycles. The van der Waals surface area contributed by atoms with E-state index in [4.69, 9.17) is 0 Å². The van der Waals surface area contributed by atoms with Gasteiger partial charge in [-0.3, -0.25) is 14.6 Å². The molecule has 1 N–H and O–H groups in total. The van der Waals surface area contributed by atoms with Gasteiger partial charge in [0, 0.05) is 31.9 Å². The number of amides is 2. The third-order valence-corrected chi connectivity index (χ3v) is 3.52. The molecule has 1 unspecified atom stereocenters. The van der Waals surface area contributed by atoms with E-state index in [-0.39, 0.29) is 17.9 Å². The van der Waals surface area contributed by atoms with Gasteiger partial charge in [0.2, 0.25) is 11.8 Å². The Labute approximate surface area is 119 Å². The van der Waals surface area contributed by atoms with Crippen molar-refractivity contribution in [3.63, 3.8) is 0 Å². The largest absolute Gasteiger partial charge is 0.344 e. The number of aromatic nitrogens is 1. The summed E-state index contributed by atoms with van der Waals surface area (Å²) in [4.78, 5) is 29.9. The van der Waals surface area contributed by atoms with Gasteiger partial charge < -0.3 is 10.2 Å². The number of hydrogen-bond acceptors (Lipinski definition) is 3. The van der Waals surface area contributed by atoms with Gasteiger partial charge >= 0.3 is 0 Å². The molecular formula is C15H21N3O2. The minimum absolute atomic E-state index is 0.0272. The first kappa shape index (κ1) is 14.5. The molecule has 1 aromatic heterocycles. The van der Waals surface area contributed by atoms with Crippen molar-refractivity contribution < 1.29 is 9.59 Å². The van der Waals surface area contributed by atoms with E-state index in [1.165, 1.54) is 0 Å². The fourth-order valence-electron chi connectivity index (χ4n) is 2.41. The van der Waals surface area contributed by atoms with Gasteiger partial charge in [-0.05, 0) is 24.5 Å². The van der Waals surface area contributed by atoms with Crippen LogP contribution in [0.5, 0.6) is 0 Å². The second-order valence-corrected chi connectivity index (χ2v) is 5.10. The van der Waals surface area contributed by atoms with Crippen molar-refractivity contribution in [2.45, 2.75) is 38.6 Å². The Morgan fingerprint density at radius 2 is 2.30 bits per heavy atom. The zero-order valence-corrected chi connectivity index (χ0v) is 11.8. The SMILES string of the molecule is CCCC1NC(=O)CCN(CCc2cccnc2)C1=O. The Morgan fingerprint density at radius 3 is 3.00 bits per heavy atom. The first-order chi connectivity index (χ1) is 9.70. The van der Waals surface area contributed by atoms with E-state index in [1.807, 2.05) is 25.3 Å². The Kier molecular flexibility index (Phi) is 5.09. The lowest BCUT2D eigenvalue weighted by atomic mass is 10.1. The minimum atomic E-state index is -0.358. The lowest BCUT2D eigenvalue weighted by molar-refractivity contribution is -0.133. The van der Waals surface area contributed by atoms with Gasteiger partial charge in [0.05, 0.1) is 0 Å². The van der Waals surface area contributed by atoms with Crippen LogP contribution in [0.3, 0.4) is 0 Å². The molecule has 5 heteroatoms. The highest BCUT2D eigenvalue weighted by Gasteiger charge is 2.28. The second kappa shape index (κ2) is 7.03. The lowest BCUT2D eigenvalue weighted by Gasteiger charge is -2.23. The third kappa shape index (κ3) is 3.79. The van der Waals surface area contributed by atoms with Gasteiger partial charge in [-0.1, -0.05) is 19.4 Å². The van der Waals surface area contributed by atoms with Gasteiger partial charge in [0.25, 0.3) is 0 Å². The molecule has 1 aliphatic heterocycles. The highest BCUT2D eigenvalue weighted by Crippen LogP contribution is 2.09. The normalized spacial score (nSPS) is 19.6. The Hall–Kier alpha value is -1.91. The second-order valence-electron chi connectivity index (χ2n) is 5.10. The molecule has 1 aliphatic rings. The predicted octanol–water partition coefficient (Wildman–Crippen LogP) is 1.14. The molecule has 108 valence electrons. The van der Waals surface area contributed by atoms with Crippen LogP contribution in [0.2, 0.25) is 0 Å². The summed E-state index contributed by atoms with van der Waals surface area (Å²) in [5.74, 6) is 0.0160. The number of nitrogens with zero attached hydrogens (tertiary/aromatic N) is 2. The first-order valence-electron chi connectivity index (χ1n) is 7.17. The summed E-state index contributed by atoms with van der Waals surface area (Å²) in [5.41, 5.74) is 1.11. The molecule has 1 aromatic rings. The molecule has 20 heavy (non-hydrogen) atoms. The van der Waals surface area contributed by atoms with Gasteiger partial charge in [-0.25, -0.2) is 0 Å². The van der Waals surface area contributed by atoms with Crippen LogP contribution in [0.15, 0.2) is 24.5 Å². The molecule has 2 heterocycles. The van der Waals surface area contributed by atoms with Crippen LogP contribution in [-0.4, -0.2) is 40.8 Å². The maximum Gasteiger partial charge on any atom is 0.245 e. The molecule has 0 bridgehead atoms. The Bertz CT molecular complexity index is 461. The summed E-state index contributed by atoms with van der Waals surface area (Å²) in [5, 5.41) is 2.82. The number of pyridine rings is 1. The van der Waals surface area contributed by atoms with E-state index in [0.717, 1.165) is 18.4 Å². The number of carbonyl (C=O) groups is 2. The lowest BCUT2D eigenvalue weighted by Crippen LogP contribution is -2.45. The molecule has 2 rings (SSSR count). The molecule has 1 saturated heterocycles. The predicted molar refractivity (Wildman–Crippen MR) is 76.0 cm³/mol. The number of carbonyl (C=O) groups excluding carboxylic acids is 2. The molecule has 0 radical (unpaired) electrons. The van der Waals surface area contributed by atoms with Crippen molar-refractivity contribution >= 4 is 11.8 Å². The zero-order chi connectivity index (χ0) is 14.4. The third-order valence-electron chi connectivity index (χ3n) is 3.52. The molecule has 1 atom stereocenters. The summed E-state index contributed by atoms with van der Waals surface area (Å²) < 4.78 is 0. The van der Waals surface area contributed by atoms with Crippen LogP contribution in [0.1, 0.15) is 31.7 Å². The molecule has 0 aliphatic carbocycles. The van der Waals surface area contributed by atoms with Crippen LogP contribution in [0, 0.1) is 0 Å². The monoisotopic (exact) mass is 275 g/mol. The van der Waals surface area contributed by atoms with Crippen LogP contribution in [0.4, 0.5) is 0 Å². The van der Waals surface area contributed by atoms with E-state index in [0.29, 0.717) is 25.9 Å². The Morgan fingerprint density at radius 1 is 1.45 bits per heavy atom. The van der Waals surface area contributed by atoms with Gasteiger partial charge in [-0.2, -0.15) is 0 Å². The molecule has 0 spiro atoms. The topological polar surface area (TPSA) is 62.3 Å². The molecule has 2 amide bonds. The van der Waals surface area contributed by atoms with E-state index < -0.39 is 0 Å². The van der Waals surface area contributed by atoms with Crippen molar-refractivity contribution in [1.29, 1.82) is 0 Å². The highest BCUT2D eigenvalue weighted by atomic mass is 16.2.